The molecule has 0 saturated carbocycles. The van der Waals surface area contributed by atoms with Gasteiger partial charge in [0.25, 0.3) is 0 Å². The second-order valence-corrected chi connectivity index (χ2v) is 14.9. The zero-order valence-electron chi connectivity index (χ0n) is 31.7. The molecule has 0 unspecified atom stereocenters. The van der Waals surface area contributed by atoms with Crippen LogP contribution >= 0.6 is 0 Å². The van der Waals surface area contributed by atoms with Crippen molar-refractivity contribution in [1.82, 2.24) is 14.5 Å². The summed E-state index contributed by atoms with van der Waals surface area (Å²) in [6.07, 6.45) is 6.63. The first-order valence-corrected chi connectivity index (χ1v) is 18.7. The summed E-state index contributed by atoms with van der Waals surface area (Å²) < 4.78 is 4.64. The van der Waals surface area contributed by atoms with Crippen LogP contribution in [0.25, 0.3) is 78.7 Å². The molecule has 0 aliphatic carbocycles. The molecule has 2 aliphatic rings. The molecule has 3 aromatic heterocycles. The van der Waals surface area contributed by atoms with Gasteiger partial charge in [0.15, 0.2) is 6.21 Å². The summed E-state index contributed by atoms with van der Waals surface area (Å²) in [4.78, 5) is 9.38. The molecule has 5 heterocycles. The molecule has 4 nitrogen and oxygen atoms in total. The molecule has 1 N–H and O–H groups in total. The molecule has 54 heavy (non-hydrogen) atoms. The van der Waals surface area contributed by atoms with Gasteiger partial charge in [0, 0.05) is 40.8 Å². The Kier molecular flexibility index (Phi) is 8.12. The molecular formula is C50H43N4+. The average Bonchev–Trinajstić information content (AvgIpc) is 3.99. The van der Waals surface area contributed by atoms with E-state index in [1.807, 2.05) is 0 Å². The van der Waals surface area contributed by atoms with Crippen LogP contribution in [0.5, 0.6) is 0 Å². The third-order valence-corrected chi connectivity index (χ3v) is 10.9. The van der Waals surface area contributed by atoms with Crippen molar-refractivity contribution in [3.63, 3.8) is 0 Å². The fraction of sp³-hybridized carbons (Fsp3) is 0.120. The molecule has 4 aromatic carbocycles. The van der Waals surface area contributed by atoms with Gasteiger partial charge in [-0.2, -0.15) is 0 Å². The molecule has 7 aromatic rings. The molecule has 8 bridgehead atoms. The van der Waals surface area contributed by atoms with Crippen molar-refractivity contribution < 1.29 is 4.58 Å². The first-order chi connectivity index (χ1) is 26.2. The lowest BCUT2D eigenvalue weighted by Gasteiger charge is -2.10. The lowest BCUT2D eigenvalue weighted by atomic mass is 9.98. The van der Waals surface area contributed by atoms with E-state index in [0.717, 1.165) is 78.1 Å². The van der Waals surface area contributed by atoms with Crippen molar-refractivity contribution in [3.05, 3.63) is 167 Å². The zero-order valence-corrected chi connectivity index (χ0v) is 31.7. The minimum atomic E-state index is 0.931. The number of nitrogens with zero attached hydrogens (tertiary/aromatic N) is 3. The van der Waals surface area contributed by atoms with Gasteiger partial charge in [-0.1, -0.05) is 119 Å². The largest absolute Gasteiger partial charge is 0.354 e. The van der Waals surface area contributed by atoms with E-state index < -0.39 is 0 Å². The number of nitrogens with one attached hydrogen (secondary N) is 1. The summed E-state index contributed by atoms with van der Waals surface area (Å²) >= 11 is 0. The molecule has 0 amide bonds. The fourth-order valence-corrected chi connectivity index (χ4v) is 7.94. The first-order valence-electron chi connectivity index (χ1n) is 18.7. The lowest BCUT2D eigenvalue weighted by Crippen LogP contribution is -1.98. The van der Waals surface area contributed by atoms with Gasteiger partial charge in [0.2, 0.25) is 5.69 Å². The van der Waals surface area contributed by atoms with E-state index in [1.165, 1.54) is 33.4 Å². The molecule has 0 spiro atoms. The zero-order chi connectivity index (χ0) is 37.1. The Labute approximate surface area is 317 Å². The quantitative estimate of drug-likeness (QED) is 0.182. The highest BCUT2D eigenvalue weighted by Gasteiger charge is 2.25. The van der Waals surface area contributed by atoms with Crippen LogP contribution in [0.3, 0.4) is 0 Å². The molecule has 0 saturated heterocycles. The topological polar surface area (TPSA) is 36.6 Å². The number of hydrogen-bond donors (Lipinski definition) is 1. The monoisotopic (exact) mass is 699 g/mol. The maximum atomic E-state index is 5.48. The second-order valence-electron chi connectivity index (χ2n) is 14.9. The average molecular weight is 700 g/mol. The number of H-pyrrole nitrogens is 1. The third kappa shape index (κ3) is 5.81. The van der Waals surface area contributed by atoms with Crippen LogP contribution in [0, 0.1) is 27.7 Å². The van der Waals surface area contributed by atoms with Gasteiger partial charge < -0.3 is 9.55 Å². The van der Waals surface area contributed by atoms with Gasteiger partial charge in [-0.3, -0.25) is 0 Å². The number of aromatic amines is 1. The molecule has 2 aliphatic heterocycles. The van der Waals surface area contributed by atoms with Crippen LogP contribution in [0.4, 0.5) is 5.69 Å². The van der Waals surface area contributed by atoms with E-state index in [0.29, 0.717) is 0 Å². The first kappa shape index (κ1) is 33.3. The van der Waals surface area contributed by atoms with Crippen molar-refractivity contribution in [2.24, 2.45) is 7.05 Å². The maximum Gasteiger partial charge on any atom is 0.215 e. The molecule has 4 heteroatoms. The smallest absolute Gasteiger partial charge is 0.215 e. The minimum Gasteiger partial charge on any atom is -0.354 e. The molecule has 0 atom stereocenters. The predicted molar refractivity (Wildman–Crippen MR) is 228 cm³/mol. The molecule has 0 radical (unpaired) electrons. The molecule has 0 fully saturated rings. The summed E-state index contributed by atoms with van der Waals surface area (Å²) in [6.45, 7) is 8.56. The molecule has 9 rings (SSSR count). The van der Waals surface area contributed by atoms with Gasteiger partial charge in [-0.25, -0.2) is 9.56 Å². The minimum absolute atomic E-state index is 0.931. The highest BCUT2D eigenvalue weighted by Crippen LogP contribution is 2.41. The van der Waals surface area contributed by atoms with E-state index in [-0.39, 0.29) is 0 Å². The van der Waals surface area contributed by atoms with Gasteiger partial charge >= 0.3 is 0 Å². The number of aromatic nitrogens is 3. The van der Waals surface area contributed by atoms with E-state index in [2.05, 4.69) is 202 Å². The third-order valence-electron chi connectivity index (χ3n) is 10.9. The number of rotatable bonds is 4. The number of benzene rings is 4. The molecule has 262 valence electrons. The maximum absolute atomic E-state index is 5.48. The summed E-state index contributed by atoms with van der Waals surface area (Å²) in [5.41, 5.74) is 22.5. The van der Waals surface area contributed by atoms with Gasteiger partial charge in [-0.15, -0.1) is 0 Å². The standard InChI is InChI=1S/C50H42N4/c1-31-7-15-35(16-8-31)47-39-29-46(53(5)30-39)50(38-21-13-34(4)14-22-38)45-28-27-44(54(45)6)49(37-19-11-33(3)12-20-37)43-26-25-42(52-43)48(41-24-23-40(47)51-41)36-17-9-32(2)10-18-36/h7-30H,1-6H3/p+1. The van der Waals surface area contributed by atoms with Gasteiger partial charge in [0.05, 0.1) is 33.5 Å². The highest BCUT2D eigenvalue weighted by molar-refractivity contribution is 6.02. The predicted octanol–water partition coefficient (Wildman–Crippen LogP) is 12.4. The number of hydrogen-bond acceptors (Lipinski definition) is 1. The van der Waals surface area contributed by atoms with Crippen molar-refractivity contribution in [3.8, 4) is 44.5 Å². The van der Waals surface area contributed by atoms with E-state index in [1.54, 1.807) is 0 Å². The van der Waals surface area contributed by atoms with Crippen molar-refractivity contribution >= 4 is 46.1 Å². The van der Waals surface area contributed by atoms with E-state index in [4.69, 9.17) is 4.98 Å². The Bertz CT molecular complexity index is 2830. The Balaban J connectivity index is 1.51. The Morgan fingerprint density at radius 3 is 1.41 bits per heavy atom. The number of fused-ring (bicyclic) bond motifs is 8. The summed E-state index contributed by atoms with van der Waals surface area (Å²) in [6, 6.07) is 46.8. The normalized spacial score (nSPS) is 12.3. The van der Waals surface area contributed by atoms with E-state index in [9.17, 15) is 0 Å². The lowest BCUT2D eigenvalue weighted by molar-refractivity contribution is -0.395. The summed E-state index contributed by atoms with van der Waals surface area (Å²) in [7, 11) is 4.36. The highest BCUT2D eigenvalue weighted by atomic mass is 15.0. The summed E-state index contributed by atoms with van der Waals surface area (Å²) in [5, 5.41) is 0. The summed E-state index contributed by atoms with van der Waals surface area (Å²) in [5.74, 6) is 0. The van der Waals surface area contributed by atoms with Crippen molar-refractivity contribution in [1.29, 1.82) is 0 Å². The number of aryl methyl sites for hydroxylation is 5. The van der Waals surface area contributed by atoms with Crippen LogP contribution in [-0.4, -0.2) is 32.4 Å². The SMILES string of the molecule is Cc1ccc(-c2c3cc(c(-c4ccc(C)cc4)c4ccc(c(-c5ccc(C)cc5)c5ccc([nH]5)c(-c5ccc(C)cc5)c5nc2C=C5)n4C)[N+](C)=C3)cc1. The van der Waals surface area contributed by atoms with Gasteiger partial charge in [0.1, 0.15) is 7.05 Å². The fourth-order valence-electron chi connectivity index (χ4n) is 7.94. The van der Waals surface area contributed by atoms with Crippen LogP contribution in [0.1, 0.15) is 39.2 Å². The van der Waals surface area contributed by atoms with Crippen LogP contribution < -0.4 is 0 Å². The Morgan fingerprint density at radius 1 is 0.481 bits per heavy atom. The second kappa shape index (κ2) is 13.2. The van der Waals surface area contributed by atoms with Crippen LogP contribution in [0.2, 0.25) is 0 Å². The molecular weight excluding hydrogens is 657 g/mol. The van der Waals surface area contributed by atoms with Crippen LogP contribution in [-0.2, 0) is 7.05 Å². The van der Waals surface area contributed by atoms with Crippen molar-refractivity contribution in [2.75, 3.05) is 7.05 Å². The Morgan fingerprint density at radius 2 is 0.889 bits per heavy atom. The van der Waals surface area contributed by atoms with Crippen molar-refractivity contribution in [2.45, 2.75) is 27.7 Å². The van der Waals surface area contributed by atoms with Gasteiger partial charge in [-0.05, 0) is 86.4 Å². The van der Waals surface area contributed by atoms with E-state index >= 15 is 0 Å². The Hall–Kier alpha value is -6.52. The van der Waals surface area contributed by atoms with Crippen LogP contribution in [0.15, 0.2) is 127 Å².